The maximum Gasteiger partial charge on any atom is 0.161 e. The first-order valence-electron chi connectivity index (χ1n) is 4.46. The minimum Gasteiger partial charge on any atom is -0.297 e. The number of hydrogen-bond donors (Lipinski definition) is 0. The fourth-order valence-electron chi connectivity index (χ4n) is 1.41. The van der Waals surface area contributed by atoms with E-state index in [1.807, 2.05) is 12.1 Å². The highest BCUT2D eigenvalue weighted by atomic mass is 32.2. The van der Waals surface area contributed by atoms with E-state index < -0.39 is 0 Å². The van der Waals surface area contributed by atoms with Gasteiger partial charge in [-0.2, -0.15) is 0 Å². The van der Waals surface area contributed by atoms with Crippen molar-refractivity contribution in [3.8, 4) is 0 Å². The van der Waals surface area contributed by atoms with Gasteiger partial charge in [-0.25, -0.2) is 0 Å². The summed E-state index contributed by atoms with van der Waals surface area (Å²) in [6.07, 6.45) is 0.961. The third-order valence-electron chi connectivity index (χ3n) is 1.97. The Balaban J connectivity index is 2.67. The van der Waals surface area contributed by atoms with Gasteiger partial charge in [0.1, 0.15) is 0 Å². The molecule has 1 nitrogen and oxygen atoms in total. The summed E-state index contributed by atoms with van der Waals surface area (Å²) in [5, 5.41) is 1.21. The summed E-state index contributed by atoms with van der Waals surface area (Å²) < 4.78 is 1.20. The first-order valence-corrected chi connectivity index (χ1v) is 6.26. The van der Waals surface area contributed by atoms with Gasteiger partial charge in [-0.1, -0.05) is 25.1 Å². The molecule has 0 aliphatic rings. The second kappa shape index (κ2) is 4.15. The van der Waals surface area contributed by atoms with E-state index in [1.165, 1.54) is 10.1 Å². The van der Waals surface area contributed by atoms with Crippen molar-refractivity contribution in [2.45, 2.75) is 11.8 Å². The lowest BCUT2D eigenvalue weighted by Crippen LogP contribution is -1.77. The van der Waals surface area contributed by atoms with Crippen LogP contribution in [0.4, 0.5) is 0 Å². The number of aldehydes is 1. The van der Waals surface area contributed by atoms with Crippen molar-refractivity contribution in [3.63, 3.8) is 0 Å². The summed E-state index contributed by atoms with van der Waals surface area (Å²) >= 11 is 3.32. The zero-order chi connectivity index (χ0) is 9.97. The molecule has 0 spiro atoms. The van der Waals surface area contributed by atoms with Gasteiger partial charge in [0.2, 0.25) is 0 Å². The lowest BCUT2D eigenvalue weighted by atomic mass is 10.2. The third-order valence-corrected chi connectivity index (χ3v) is 4.21. The van der Waals surface area contributed by atoms with Gasteiger partial charge in [0.25, 0.3) is 0 Å². The van der Waals surface area contributed by atoms with E-state index in [9.17, 15) is 4.79 Å². The van der Waals surface area contributed by atoms with Gasteiger partial charge in [0.15, 0.2) is 6.29 Å². The van der Waals surface area contributed by atoms with Gasteiger partial charge in [0.05, 0.1) is 4.88 Å². The normalized spacial score (nSPS) is 10.6. The van der Waals surface area contributed by atoms with Gasteiger partial charge < -0.3 is 0 Å². The van der Waals surface area contributed by atoms with E-state index in [1.54, 1.807) is 23.1 Å². The van der Waals surface area contributed by atoms with Crippen LogP contribution in [0, 0.1) is 0 Å². The van der Waals surface area contributed by atoms with Crippen LogP contribution in [0.1, 0.15) is 16.6 Å². The molecule has 2 rings (SSSR count). The third kappa shape index (κ3) is 1.57. The molecule has 0 saturated heterocycles. The minimum absolute atomic E-state index is 0.859. The minimum atomic E-state index is 0.859. The molecule has 1 heterocycles. The Morgan fingerprint density at radius 2 is 2.21 bits per heavy atom. The highest BCUT2D eigenvalue weighted by Crippen LogP contribution is 2.36. The van der Waals surface area contributed by atoms with E-state index in [-0.39, 0.29) is 0 Å². The molecule has 1 aromatic heterocycles. The Kier molecular flexibility index (Phi) is 2.89. The second-order valence-corrected chi connectivity index (χ2v) is 5.20. The number of fused-ring (bicyclic) bond motifs is 1. The van der Waals surface area contributed by atoms with Crippen molar-refractivity contribution in [2.24, 2.45) is 0 Å². The fourth-order valence-corrected chi connectivity index (χ4v) is 3.50. The molecular formula is C11H10OS2. The fraction of sp³-hybridized carbons (Fsp3) is 0.182. The van der Waals surface area contributed by atoms with Crippen molar-refractivity contribution in [1.82, 2.24) is 0 Å². The number of thiophene rings is 1. The number of carbonyl (C=O) groups is 1. The lowest BCUT2D eigenvalue weighted by molar-refractivity contribution is 0.112. The van der Waals surface area contributed by atoms with Crippen LogP contribution in [0.5, 0.6) is 0 Å². The zero-order valence-corrected chi connectivity index (χ0v) is 9.45. The molecule has 0 N–H and O–H groups in total. The van der Waals surface area contributed by atoms with Gasteiger partial charge in [-0.05, 0) is 11.8 Å². The molecule has 0 aliphatic carbocycles. The molecule has 2 aromatic rings. The molecule has 14 heavy (non-hydrogen) atoms. The predicted molar refractivity (Wildman–Crippen MR) is 63.6 cm³/mol. The Morgan fingerprint density at radius 1 is 1.43 bits per heavy atom. The summed E-state index contributed by atoms with van der Waals surface area (Å²) in [5.41, 5.74) is 0. The van der Waals surface area contributed by atoms with Crippen LogP contribution in [0.3, 0.4) is 0 Å². The van der Waals surface area contributed by atoms with Crippen molar-refractivity contribution in [1.29, 1.82) is 0 Å². The molecule has 0 bridgehead atoms. The van der Waals surface area contributed by atoms with Crippen molar-refractivity contribution in [2.75, 3.05) is 5.75 Å². The standard InChI is InChI=1S/C11H10OS2/c1-2-13-11-8-5-3-4-6-9(8)14-10(11)7-12/h3-7H,2H2,1H3. The Morgan fingerprint density at radius 3 is 2.93 bits per heavy atom. The van der Waals surface area contributed by atoms with E-state index in [0.29, 0.717) is 0 Å². The highest BCUT2D eigenvalue weighted by molar-refractivity contribution is 7.99. The van der Waals surface area contributed by atoms with Gasteiger partial charge in [-0.15, -0.1) is 23.1 Å². The molecule has 0 radical (unpaired) electrons. The highest BCUT2D eigenvalue weighted by Gasteiger charge is 2.10. The van der Waals surface area contributed by atoms with Crippen molar-refractivity contribution >= 4 is 39.5 Å². The van der Waals surface area contributed by atoms with Crippen molar-refractivity contribution in [3.05, 3.63) is 29.1 Å². The van der Waals surface area contributed by atoms with Crippen LogP contribution in [-0.2, 0) is 0 Å². The summed E-state index contributed by atoms with van der Waals surface area (Å²) in [4.78, 5) is 12.9. The number of thioether (sulfide) groups is 1. The smallest absolute Gasteiger partial charge is 0.161 e. The first kappa shape index (κ1) is 9.74. The van der Waals surface area contributed by atoms with E-state index in [0.717, 1.165) is 21.8 Å². The second-order valence-electron chi connectivity index (χ2n) is 2.84. The van der Waals surface area contributed by atoms with Crippen LogP contribution in [0.2, 0.25) is 0 Å². The maximum absolute atomic E-state index is 10.9. The number of carbonyl (C=O) groups excluding carboxylic acids is 1. The predicted octanol–water partition coefficient (Wildman–Crippen LogP) is 3.83. The van der Waals surface area contributed by atoms with Gasteiger partial charge >= 0.3 is 0 Å². The average molecular weight is 222 g/mol. The summed E-state index contributed by atoms with van der Waals surface area (Å²) in [6, 6.07) is 8.17. The van der Waals surface area contributed by atoms with Crippen molar-refractivity contribution < 1.29 is 4.79 Å². The quantitative estimate of drug-likeness (QED) is 0.580. The molecule has 0 amide bonds. The van der Waals surface area contributed by atoms with Gasteiger partial charge in [0, 0.05) is 15.0 Å². The van der Waals surface area contributed by atoms with Gasteiger partial charge in [-0.3, -0.25) is 4.79 Å². The summed E-state index contributed by atoms with van der Waals surface area (Å²) in [6.45, 7) is 2.10. The number of hydrogen-bond acceptors (Lipinski definition) is 3. The molecule has 0 unspecified atom stereocenters. The number of rotatable bonds is 3. The first-order chi connectivity index (χ1) is 6.86. The Labute approximate surface area is 91.1 Å². The van der Waals surface area contributed by atoms with E-state index in [2.05, 4.69) is 19.1 Å². The lowest BCUT2D eigenvalue weighted by Gasteiger charge is -1.96. The number of benzene rings is 1. The zero-order valence-electron chi connectivity index (χ0n) is 7.82. The largest absolute Gasteiger partial charge is 0.297 e. The summed E-state index contributed by atoms with van der Waals surface area (Å²) in [7, 11) is 0. The van der Waals surface area contributed by atoms with Crippen LogP contribution in [0.25, 0.3) is 10.1 Å². The topological polar surface area (TPSA) is 17.1 Å². The Bertz CT molecular complexity index is 459. The van der Waals surface area contributed by atoms with Crippen LogP contribution in [-0.4, -0.2) is 12.0 Å². The molecular weight excluding hydrogens is 212 g/mol. The molecule has 72 valence electrons. The van der Waals surface area contributed by atoms with E-state index >= 15 is 0 Å². The maximum atomic E-state index is 10.9. The molecule has 1 aromatic carbocycles. The van der Waals surface area contributed by atoms with Crippen LogP contribution in [0.15, 0.2) is 29.2 Å². The molecule has 0 aliphatic heterocycles. The SMILES string of the molecule is CCSc1c(C=O)sc2ccccc12. The molecule has 3 heteroatoms. The average Bonchev–Trinajstić information content (AvgIpc) is 2.58. The summed E-state index contributed by atoms with van der Waals surface area (Å²) in [5.74, 6) is 1.00. The monoisotopic (exact) mass is 222 g/mol. The molecule has 0 fully saturated rings. The van der Waals surface area contributed by atoms with Crippen LogP contribution >= 0.6 is 23.1 Å². The van der Waals surface area contributed by atoms with Crippen LogP contribution < -0.4 is 0 Å². The Hall–Kier alpha value is -0.800. The molecule has 0 saturated carbocycles. The van der Waals surface area contributed by atoms with E-state index in [4.69, 9.17) is 0 Å². The molecule has 0 atom stereocenters.